The van der Waals surface area contributed by atoms with Crippen LogP contribution in [-0.4, -0.2) is 15.8 Å². The maximum atomic E-state index is 13.5. The molecule has 0 aliphatic heterocycles. The number of carbonyl (C=O) groups excluding carboxylic acids is 1. The zero-order chi connectivity index (χ0) is 15.4. The van der Waals surface area contributed by atoms with Crippen LogP contribution in [0.3, 0.4) is 0 Å². The topological polar surface area (TPSA) is 85.1 Å². The van der Waals surface area contributed by atoms with Gasteiger partial charge in [0.15, 0.2) is 0 Å². The summed E-state index contributed by atoms with van der Waals surface area (Å²) < 4.78 is 13.5. The van der Waals surface area contributed by atoms with Gasteiger partial charge in [-0.25, -0.2) is 0 Å². The molecule has 0 saturated carbocycles. The summed E-state index contributed by atoms with van der Waals surface area (Å²) in [6, 6.07) is 4.82. The summed E-state index contributed by atoms with van der Waals surface area (Å²) in [7, 11) is 0. The maximum absolute atomic E-state index is 13.5. The molecule has 2 rings (SSSR count). The number of nitro groups is 1. The molecule has 1 N–H and O–H groups in total. The van der Waals surface area contributed by atoms with Crippen LogP contribution in [0.5, 0.6) is 0 Å². The van der Waals surface area contributed by atoms with Gasteiger partial charge in [0.2, 0.25) is 5.82 Å². The number of nitro benzene ring substituents is 1. The average Bonchev–Trinajstić information content (AvgIpc) is 2.45. The van der Waals surface area contributed by atoms with E-state index >= 15 is 0 Å². The van der Waals surface area contributed by atoms with Crippen molar-refractivity contribution < 1.29 is 14.1 Å². The van der Waals surface area contributed by atoms with Gasteiger partial charge in [0.25, 0.3) is 5.91 Å². The molecule has 0 spiro atoms. The highest BCUT2D eigenvalue weighted by Crippen LogP contribution is 2.18. The summed E-state index contributed by atoms with van der Waals surface area (Å²) in [5.74, 6) is -1.53. The van der Waals surface area contributed by atoms with E-state index in [1.54, 1.807) is 18.5 Å². The molecule has 7 heteroatoms. The number of pyridine rings is 1. The van der Waals surface area contributed by atoms with Crippen molar-refractivity contribution in [3.05, 3.63) is 69.3 Å². The van der Waals surface area contributed by atoms with Crippen LogP contribution >= 0.6 is 0 Å². The summed E-state index contributed by atoms with van der Waals surface area (Å²) in [6.45, 7) is 2.13. The van der Waals surface area contributed by atoms with E-state index in [9.17, 15) is 19.3 Å². The molecule has 1 amide bonds. The summed E-state index contributed by atoms with van der Waals surface area (Å²) in [6.07, 6.45) is 3.28. The van der Waals surface area contributed by atoms with Crippen LogP contribution in [0.1, 0.15) is 21.5 Å². The van der Waals surface area contributed by atoms with Crippen LogP contribution in [0.25, 0.3) is 0 Å². The van der Waals surface area contributed by atoms with Crippen LogP contribution in [0, 0.1) is 22.9 Å². The van der Waals surface area contributed by atoms with Crippen LogP contribution in [0.15, 0.2) is 36.7 Å². The third-order valence-electron chi connectivity index (χ3n) is 2.98. The van der Waals surface area contributed by atoms with Gasteiger partial charge in [-0.3, -0.25) is 19.9 Å². The van der Waals surface area contributed by atoms with E-state index in [2.05, 4.69) is 10.3 Å². The smallest absolute Gasteiger partial charge is 0.304 e. The number of carbonyl (C=O) groups is 1. The summed E-state index contributed by atoms with van der Waals surface area (Å²) in [5, 5.41) is 13.1. The highest BCUT2D eigenvalue weighted by atomic mass is 19.1. The van der Waals surface area contributed by atoms with Gasteiger partial charge < -0.3 is 5.32 Å². The quantitative estimate of drug-likeness (QED) is 0.691. The fourth-order valence-corrected chi connectivity index (χ4v) is 1.77. The highest BCUT2D eigenvalue weighted by Gasteiger charge is 2.16. The van der Waals surface area contributed by atoms with E-state index in [1.165, 1.54) is 6.07 Å². The molecule has 1 aromatic heterocycles. The van der Waals surface area contributed by atoms with Gasteiger partial charge in [0.05, 0.1) is 4.92 Å². The molecule has 0 unspecified atom stereocenters. The molecule has 1 aromatic carbocycles. The van der Waals surface area contributed by atoms with Gasteiger partial charge in [-0.05, 0) is 36.2 Å². The normalized spacial score (nSPS) is 10.2. The molecule has 108 valence electrons. The number of hydrogen-bond donors (Lipinski definition) is 1. The Kier molecular flexibility index (Phi) is 4.22. The molecule has 0 atom stereocenters. The first-order valence-electron chi connectivity index (χ1n) is 6.10. The molecular formula is C14H12FN3O3. The summed E-state index contributed by atoms with van der Waals surface area (Å²) >= 11 is 0. The Hall–Kier alpha value is -2.83. The molecule has 21 heavy (non-hydrogen) atoms. The second kappa shape index (κ2) is 6.08. The van der Waals surface area contributed by atoms with Crippen molar-refractivity contribution in [2.75, 3.05) is 0 Å². The fraction of sp³-hybridized carbons (Fsp3) is 0.143. The van der Waals surface area contributed by atoms with Crippen molar-refractivity contribution in [2.24, 2.45) is 0 Å². The second-order valence-electron chi connectivity index (χ2n) is 4.41. The molecule has 1 heterocycles. The first kappa shape index (κ1) is 14.6. The van der Waals surface area contributed by atoms with E-state index in [4.69, 9.17) is 0 Å². The number of benzene rings is 1. The number of rotatable bonds is 4. The third kappa shape index (κ3) is 3.38. The fourth-order valence-electron chi connectivity index (χ4n) is 1.77. The van der Waals surface area contributed by atoms with E-state index < -0.39 is 22.3 Å². The van der Waals surface area contributed by atoms with Gasteiger partial charge in [0, 0.05) is 30.6 Å². The van der Waals surface area contributed by atoms with Crippen LogP contribution in [0.4, 0.5) is 10.1 Å². The van der Waals surface area contributed by atoms with Gasteiger partial charge in [-0.1, -0.05) is 0 Å². The van der Waals surface area contributed by atoms with Crippen LogP contribution in [-0.2, 0) is 6.54 Å². The molecule has 0 aliphatic rings. The minimum absolute atomic E-state index is 0.0322. The first-order chi connectivity index (χ1) is 9.99. The Morgan fingerprint density at radius 3 is 2.81 bits per heavy atom. The lowest BCUT2D eigenvalue weighted by Gasteiger charge is -2.07. The third-order valence-corrected chi connectivity index (χ3v) is 2.98. The Bertz CT molecular complexity index is 704. The minimum atomic E-state index is -1.03. The molecule has 0 aliphatic carbocycles. The van der Waals surface area contributed by atoms with E-state index in [0.717, 1.165) is 23.3 Å². The number of halogens is 1. The predicted molar refractivity (Wildman–Crippen MR) is 73.2 cm³/mol. The molecule has 0 bridgehead atoms. The Labute approximate surface area is 119 Å². The Morgan fingerprint density at radius 1 is 1.43 bits per heavy atom. The highest BCUT2D eigenvalue weighted by molar-refractivity contribution is 5.94. The van der Waals surface area contributed by atoms with Gasteiger partial charge >= 0.3 is 5.69 Å². The molecule has 0 saturated heterocycles. The van der Waals surface area contributed by atoms with Gasteiger partial charge in [-0.2, -0.15) is 4.39 Å². The van der Waals surface area contributed by atoms with E-state index in [-0.39, 0.29) is 12.1 Å². The largest absolute Gasteiger partial charge is 0.348 e. The van der Waals surface area contributed by atoms with Crippen molar-refractivity contribution in [3.63, 3.8) is 0 Å². The minimum Gasteiger partial charge on any atom is -0.348 e. The number of hydrogen-bond acceptors (Lipinski definition) is 4. The number of aromatic nitrogens is 1. The van der Waals surface area contributed by atoms with E-state index in [1.807, 2.05) is 6.92 Å². The zero-order valence-electron chi connectivity index (χ0n) is 11.2. The number of aryl methyl sites for hydroxylation is 1. The van der Waals surface area contributed by atoms with E-state index in [0.29, 0.717) is 0 Å². The lowest BCUT2D eigenvalue weighted by atomic mass is 10.1. The number of nitrogens with one attached hydrogen (secondary N) is 1. The molecule has 6 nitrogen and oxygen atoms in total. The molecule has 0 radical (unpaired) electrons. The number of nitrogens with zero attached hydrogens (tertiary/aromatic N) is 2. The monoisotopic (exact) mass is 289 g/mol. The van der Waals surface area contributed by atoms with Crippen molar-refractivity contribution in [1.82, 2.24) is 10.3 Å². The van der Waals surface area contributed by atoms with Crippen molar-refractivity contribution >= 4 is 11.6 Å². The lowest BCUT2D eigenvalue weighted by molar-refractivity contribution is -0.387. The average molecular weight is 289 g/mol. The van der Waals surface area contributed by atoms with Crippen molar-refractivity contribution in [1.29, 1.82) is 0 Å². The van der Waals surface area contributed by atoms with Crippen LogP contribution < -0.4 is 5.32 Å². The van der Waals surface area contributed by atoms with Crippen molar-refractivity contribution in [3.8, 4) is 0 Å². The van der Waals surface area contributed by atoms with Gasteiger partial charge in [-0.15, -0.1) is 0 Å². The Balaban J connectivity index is 2.09. The summed E-state index contributed by atoms with van der Waals surface area (Å²) in [5.41, 5.74) is 1.19. The number of amides is 1. The van der Waals surface area contributed by atoms with Crippen molar-refractivity contribution in [2.45, 2.75) is 13.5 Å². The molecule has 2 aromatic rings. The zero-order valence-corrected chi connectivity index (χ0v) is 11.2. The Morgan fingerprint density at radius 2 is 2.19 bits per heavy atom. The second-order valence-corrected chi connectivity index (χ2v) is 4.41. The van der Waals surface area contributed by atoms with Gasteiger partial charge in [0.1, 0.15) is 0 Å². The molecule has 0 fully saturated rings. The summed E-state index contributed by atoms with van der Waals surface area (Å²) in [4.78, 5) is 25.5. The molecular weight excluding hydrogens is 277 g/mol. The first-order valence-corrected chi connectivity index (χ1v) is 6.10. The predicted octanol–water partition coefficient (Wildman–Crippen LogP) is 2.37. The maximum Gasteiger partial charge on any atom is 0.304 e. The standard InChI is InChI=1S/C14H12FN3O3/c1-9-7-16-5-4-11(9)8-17-14(19)10-2-3-13(18(20)21)12(15)6-10/h2-7H,8H2,1H3,(H,17,19). The lowest BCUT2D eigenvalue weighted by Crippen LogP contribution is -2.23. The SMILES string of the molecule is Cc1cnccc1CNC(=O)c1ccc([N+](=O)[O-])c(F)c1. The van der Waals surface area contributed by atoms with Crippen LogP contribution in [0.2, 0.25) is 0 Å².